The first-order valence-electron chi connectivity index (χ1n) is 9.75. The smallest absolute Gasteiger partial charge is 0.257 e. The Labute approximate surface area is 188 Å². The fraction of sp³-hybridized carbons (Fsp3) is 0.190. The molecule has 2 heterocycles. The van der Waals surface area contributed by atoms with Crippen LogP contribution in [0, 0.1) is 0 Å². The Morgan fingerprint density at radius 1 is 1.16 bits per heavy atom. The summed E-state index contributed by atoms with van der Waals surface area (Å²) in [5, 5.41) is 19.0. The lowest BCUT2D eigenvalue weighted by Gasteiger charge is -2.10. The van der Waals surface area contributed by atoms with Crippen LogP contribution >= 0.6 is 23.6 Å². The molecule has 0 aliphatic heterocycles. The number of fused-ring (bicyclic) bond motifs is 1. The van der Waals surface area contributed by atoms with Crippen molar-refractivity contribution >= 4 is 45.2 Å². The van der Waals surface area contributed by atoms with Crippen molar-refractivity contribution in [3.05, 3.63) is 60.4 Å². The first kappa shape index (κ1) is 20.9. The standard InChI is InChI=1S/C21H20N6O2S2/c1-2-3-12-29-17-10-6-14(7-11-17)18(28)24-20(30)23-16-8-4-15(5-9-16)19-26-27-13-22-25-21(27)31-19/h4-11,13H,2-3,12H2,1H3,(H2,23,24,28,30). The summed E-state index contributed by atoms with van der Waals surface area (Å²) in [5.74, 6) is 0.463. The minimum absolute atomic E-state index is 0.222. The van der Waals surface area contributed by atoms with Crippen LogP contribution in [0.4, 0.5) is 5.69 Å². The van der Waals surface area contributed by atoms with Gasteiger partial charge in [-0.1, -0.05) is 24.7 Å². The highest BCUT2D eigenvalue weighted by Gasteiger charge is 2.10. The number of ether oxygens (including phenoxy) is 1. The average Bonchev–Trinajstić information content (AvgIpc) is 3.37. The Morgan fingerprint density at radius 2 is 1.94 bits per heavy atom. The molecule has 8 nitrogen and oxygen atoms in total. The van der Waals surface area contributed by atoms with Crippen molar-refractivity contribution in [2.45, 2.75) is 19.8 Å². The third kappa shape index (κ3) is 5.22. The van der Waals surface area contributed by atoms with Gasteiger partial charge in [0.05, 0.1) is 6.61 Å². The number of unbranched alkanes of at least 4 members (excludes halogenated alkanes) is 1. The van der Waals surface area contributed by atoms with Gasteiger partial charge in [-0.25, -0.2) is 0 Å². The van der Waals surface area contributed by atoms with Crippen LogP contribution in [0.1, 0.15) is 30.1 Å². The number of nitrogens with one attached hydrogen (secondary N) is 2. The molecule has 0 saturated carbocycles. The van der Waals surface area contributed by atoms with E-state index in [1.807, 2.05) is 24.3 Å². The lowest BCUT2D eigenvalue weighted by atomic mass is 10.2. The molecule has 4 aromatic rings. The van der Waals surface area contributed by atoms with E-state index >= 15 is 0 Å². The molecule has 10 heteroatoms. The Morgan fingerprint density at radius 3 is 2.65 bits per heavy atom. The zero-order valence-electron chi connectivity index (χ0n) is 16.7. The summed E-state index contributed by atoms with van der Waals surface area (Å²) >= 11 is 6.73. The molecule has 31 heavy (non-hydrogen) atoms. The Bertz CT molecular complexity index is 1160. The maximum atomic E-state index is 12.4. The molecule has 0 atom stereocenters. The molecule has 1 amide bonds. The molecule has 0 bridgehead atoms. The molecule has 158 valence electrons. The Kier molecular flexibility index (Phi) is 6.48. The van der Waals surface area contributed by atoms with Crippen molar-refractivity contribution in [1.82, 2.24) is 25.1 Å². The second kappa shape index (κ2) is 9.63. The summed E-state index contributed by atoms with van der Waals surface area (Å²) in [6.45, 7) is 2.78. The van der Waals surface area contributed by atoms with E-state index in [2.05, 4.69) is 32.9 Å². The summed E-state index contributed by atoms with van der Waals surface area (Å²) in [4.78, 5) is 13.2. The van der Waals surface area contributed by atoms with Crippen LogP contribution in [-0.2, 0) is 0 Å². The van der Waals surface area contributed by atoms with Gasteiger partial charge in [0.15, 0.2) is 5.11 Å². The van der Waals surface area contributed by atoms with Gasteiger partial charge in [-0.15, -0.1) is 10.2 Å². The van der Waals surface area contributed by atoms with E-state index in [0.717, 1.165) is 39.8 Å². The van der Waals surface area contributed by atoms with Gasteiger partial charge in [-0.2, -0.15) is 9.61 Å². The third-order valence-electron chi connectivity index (χ3n) is 4.39. The van der Waals surface area contributed by atoms with Crippen LogP contribution in [0.2, 0.25) is 0 Å². The summed E-state index contributed by atoms with van der Waals surface area (Å²) in [6, 6.07) is 14.6. The largest absolute Gasteiger partial charge is 0.494 e. The number of nitrogens with zero attached hydrogens (tertiary/aromatic N) is 4. The van der Waals surface area contributed by atoms with Gasteiger partial charge in [-0.3, -0.25) is 10.1 Å². The van der Waals surface area contributed by atoms with Gasteiger partial charge < -0.3 is 10.1 Å². The fourth-order valence-electron chi connectivity index (χ4n) is 2.75. The molecule has 4 rings (SSSR count). The molecular formula is C21H20N6O2S2. The van der Waals surface area contributed by atoms with Gasteiger partial charge in [0.2, 0.25) is 4.96 Å². The molecule has 2 aromatic heterocycles. The number of anilines is 1. The number of rotatable bonds is 7. The lowest BCUT2D eigenvalue weighted by Crippen LogP contribution is -2.34. The van der Waals surface area contributed by atoms with Gasteiger partial charge in [0.25, 0.3) is 5.91 Å². The highest BCUT2D eigenvalue weighted by atomic mass is 32.1. The van der Waals surface area contributed by atoms with Crippen LogP contribution in [0.3, 0.4) is 0 Å². The second-order valence-electron chi connectivity index (χ2n) is 6.68. The molecule has 2 N–H and O–H groups in total. The predicted octanol–water partition coefficient (Wildman–Crippen LogP) is 4.16. The van der Waals surface area contributed by atoms with Gasteiger partial charge >= 0.3 is 0 Å². The zero-order valence-corrected chi connectivity index (χ0v) is 18.4. The summed E-state index contributed by atoms with van der Waals surface area (Å²) in [5.41, 5.74) is 2.22. The molecule has 0 aliphatic rings. The summed E-state index contributed by atoms with van der Waals surface area (Å²) in [6.07, 6.45) is 3.64. The van der Waals surface area contributed by atoms with Crippen LogP contribution < -0.4 is 15.4 Å². The topological polar surface area (TPSA) is 93.4 Å². The van der Waals surface area contributed by atoms with Gasteiger partial charge in [-0.05, 0) is 67.2 Å². The third-order valence-corrected chi connectivity index (χ3v) is 5.55. The van der Waals surface area contributed by atoms with E-state index in [4.69, 9.17) is 17.0 Å². The number of amides is 1. The van der Waals surface area contributed by atoms with E-state index in [0.29, 0.717) is 12.2 Å². The van der Waals surface area contributed by atoms with E-state index in [1.165, 1.54) is 11.3 Å². The Hall–Kier alpha value is -3.37. The van der Waals surface area contributed by atoms with Crippen molar-refractivity contribution < 1.29 is 9.53 Å². The normalized spacial score (nSPS) is 10.7. The molecule has 0 spiro atoms. The number of aromatic nitrogens is 4. The number of benzene rings is 2. The summed E-state index contributed by atoms with van der Waals surface area (Å²) < 4.78 is 7.25. The number of carbonyl (C=O) groups is 1. The number of hydrogen-bond donors (Lipinski definition) is 2. The highest BCUT2D eigenvalue weighted by molar-refractivity contribution is 7.80. The maximum absolute atomic E-state index is 12.4. The SMILES string of the molecule is CCCCOc1ccc(C(=O)NC(=S)Nc2ccc(-c3nn4cnnc4s3)cc2)cc1. The average molecular weight is 453 g/mol. The molecule has 0 unspecified atom stereocenters. The molecule has 0 radical (unpaired) electrons. The number of carbonyl (C=O) groups excluding carboxylic acids is 1. The maximum Gasteiger partial charge on any atom is 0.257 e. The second-order valence-corrected chi connectivity index (χ2v) is 8.04. The van der Waals surface area contributed by atoms with E-state index in [-0.39, 0.29) is 11.0 Å². The molecular weight excluding hydrogens is 432 g/mol. The van der Waals surface area contributed by atoms with Crippen LogP contribution in [0.5, 0.6) is 5.75 Å². The molecule has 0 aliphatic carbocycles. The number of thiocarbonyl (C=S) groups is 1. The minimum Gasteiger partial charge on any atom is -0.494 e. The van der Waals surface area contributed by atoms with Crippen molar-refractivity contribution in [2.75, 3.05) is 11.9 Å². The Balaban J connectivity index is 1.31. The van der Waals surface area contributed by atoms with Crippen LogP contribution in [0.15, 0.2) is 54.9 Å². The van der Waals surface area contributed by atoms with Gasteiger partial charge in [0, 0.05) is 16.8 Å². The quantitative estimate of drug-likeness (QED) is 0.321. The van der Waals surface area contributed by atoms with Crippen molar-refractivity contribution in [1.29, 1.82) is 0 Å². The lowest BCUT2D eigenvalue weighted by molar-refractivity contribution is 0.0977. The molecule has 2 aromatic carbocycles. The first-order valence-corrected chi connectivity index (χ1v) is 11.0. The van der Waals surface area contributed by atoms with Crippen LogP contribution in [0.25, 0.3) is 15.5 Å². The highest BCUT2D eigenvalue weighted by Crippen LogP contribution is 2.25. The van der Waals surface area contributed by atoms with Gasteiger partial charge in [0.1, 0.15) is 17.1 Å². The van der Waals surface area contributed by atoms with Crippen molar-refractivity contribution in [3.63, 3.8) is 0 Å². The van der Waals surface area contributed by atoms with Crippen molar-refractivity contribution in [3.8, 4) is 16.3 Å². The fourth-order valence-corrected chi connectivity index (χ4v) is 3.78. The number of hydrogen-bond acceptors (Lipinski definition) is 7. The van der Waals surface area contributed by atoms with E-state index < -0.39 is 0 Å². The predicted molar refractivity (Wildman–Crippen MR) is 125 cm³/mol. The minimum atomic E-state index is -0.283. The molecule has 0 fully saturated rings. The molecule has 0 saturated heterocycles. The monoisotopic (exact) mass is 452 g/mol. The first-order chi connectivity index (χ1) is 15.1. The zero-order chi connectivity index (χ0) is 21.6. The van der Waals surface area contributed by atoms with E-state index in [9.17, 15) is 4.79 Å². The van der Waals surface area contributed by atoms with Crippen molar-refractivity contribution in [2.24, 2.45) is 0 Å². The van der Waals surface area contributed by atoms with E-state index in [1.54, 1.807) is 35.1 Å². The van der Waals surface area contributed by atoms with Crippen LogP contribution in [-0.4, -0.2) is 37.4 Å². The summed E-state index contributed by atoms with van der Waals surface area (Å²) in [7, 11) is 0.